The zero-order valence-corrected chi connectivity index (χ0v) is 15.0. The molecule has 3 N–H and O–H groups in total. The van der Waals surface area contributed by atoms with Crippen LogP contribution >= 0.6 is 0 Å². The first-order valence-electron chi connectivity index (χ1n) is 8.32. The Kier molecular flexibility index (Phi) is 5.66. The van der Waals surface area contributed by atoms with Crippen LogP contribution in [-0.2, 0) is 14.3 Å². The number of carbonyl (C=O) groups is 3. The van der Waals surface area contributed by atoms with Gasteiger partial charge in [0.25, 0.3) is 5.91 Å². The Bertz CT molecular complexity index is 663. The van der Waals surface area contributed by atoms with Crippen LogP contribution in [0.4, 0.5) is 4.79 Å². The highest BCUT2D eigenvalue weighted by atomic mass is 16.6. The quantitative estimate of drug-likeness (QED) is 0.727. The van der Waals surface area contributed by atoms with Crippen molar-refractivity contribution in [1.29, 1.82) is 0 Å². The molecule has 7 heteroatoms. The van der Waals surface area contributed by atoms with E-state index < -0.39 is 23.6 Å². The number of nitrogens with one attached hydrogen (secondary N) is 3. The van der Waals surface area contributed by atoms with Gasteiger partial charge in [-0.1, -0.05) is 24.3 Å². The van der Waals surface area contributed by atoms with Crippen molar-refractivity contribution in [3.63, 3.8) is 0 Å². The van der Waals surface area contributed by atoms with Crippen LogP contribution in [0.5, 0.6) is 0 Å². The molecule has 0 aromatic heterocycles. The first kappa shape index (κ1) is 18.8. The summed E-state index contributed by atoms with van der Waals surface area (Å²) in [5, 5.41) is 2.57. The van der Waals surface area contributed by atoms with Gasteiger partial charge in [-0.3, -0.25) is 20.4 Å². The number of hydrogen-bond donors (Lipinski definition) is 3. The molecule has 0 heterocycles. The Labute approximate surface area is 147 Å². The molecule has 0 aliphatic heterocycles. The predicted octanol–water partition coefficient (Wildman–Crippen LogP) is 2.12. The molecule has 0 saturated heterocycles. The van der Waals surface area contributed by atoms with Gasteiger partial charge in [-0.05, 0) is 51.7 Å². The Balaban J connectivity index is 2.10. The lowest BCUT2D eigenvalue weighted by molar-refractivity contribution is -0.130. The molecule has 136 valence electrons. The molecule has 7 nitrogen and oxygen atoms in total. The maximum Gasteiger partial charge on any atom is 0.408 e. The maximum atomic E-state index is 12.5. The standard InChI is InChI=1S/C18H25N3O4/c1-11-7-5-6-8-13(11)14(19-17(24)25-18(2,3)4)16(23)21-20-15(22)12-9-10-12/h5-8,12,14H,9-10H2,1-4H3,(H,19,24)(H,20,22)(H,21,23)/t14-/m1/s1. The second-order valence-corrected chi connectivity index (χ2v) is 7.19. The average molecular weight is 347 g/mol. The number of benzene rings is 1. The molecule has 1 saturated carbocycles. The fourth-order valence-electron chi connectivity index (χ4n) is 2.26. The lowest BCUT2D eigenvalue weighted by atomic mass is 10.0. The molecule has 0 radical (unpaired) electrons. The summed E-state index contributed by atoms with van der Waals surface area (Å²) in [6.07, 6.45) is 0.961. The highest BCUT2D eigenvalue weighted by molar-refractivity contribution is 5.90. The zero-order chi connectivity index (χ0) is 18.6. The minimum atomic E-state index is -0.976. The molecule has 2 rings (SSSR count). The van der Waals surface area contributed by atoms with Gasteiger partial charge >= 0.3 is 6.09 Å². The number of rotatable bonds is 4. The molecule has 1 aliphatic carbocycles. The third-order valence-corrected chi connectivity index (χ3v) is 3.68. The molecule has 0 unspecified atom stereocenters. The summed E-state index contributed by atoms with van der Waals surface area (Å²) < 4.78 is 5.24. The van der Waals surface area contributed by atoms with Gasteiger partial charge in [0.05, 0.1) is 0 Å². The first-order chi connectivity index (χ1) is 11.7. The van der Waals surface area contributed by atoms with Crippen molar-refractivity contribution in [2.24, 2.45) is 5.92 Å². The van der Waals surface area contributed by atoms with Crippen molar-refractivity contribution < 1.29 is 19.1 Å². The number of carbonyl (C=O) groups excluding carboxylic acids is 3. The summed E-state index contributed by atoms with van der Waals surface area (Å²) in [6, 6.07) is 6.24. The summed E-state index contributed by atoms with van der Waals surface area (Å²) in [7, 11) is 0. The fourth-order valence-corrected chi connectivity index (χ4v) is 2.26. The van der Waals surface area contributed by atoms with E-state index in [2.05, 4.69) is 16.2 Å². The van der Waals surface area contributed by atoms with Gasteiger partial charge in [0, 0.05) is 5.92 Å². The number of ether oxygens (including phenoxy) is 1. The SMILES string of the molecule is Cc1ccccc1[C@@H](NC(=O)OC(C)(C)C)C(=O)NNC(=O)C1CC1. The lowest BCUT2D eigenvalue weighted by Crippen LogP contribution is -2.49. The highest BCUT2D eigenvalue weighted by Gasteiger charge is 2.31. The summed E-state index contributed by atoms with van der Waals surface area (Å²) in [5.41, 5.74) is 5.58. The predicted molar refractivity (Wildman–Crippen MR) is 92.3 cm³/mol. The zero-order valence-electron chi connectivity index (χ0n) is 15.0. The van der Waals surface area contributed by atoms with E-state index in [0.29, 0.717) is 5.56 Å². The Morgan fingerprint density at radius 3 is 2.32 bits per heavy atom. The van der Waals surface area contributed by atoms with Crippen molar-refractivity contribution in [2.45, 2.75) is 52.2 Å². The largest absolute Gasteiger partial charge is 0.444 e. The normalized spacial score (nSPS) is 15.0. The van der Waals surface area contributed by atoms with E-state index in [1.807, 2.05) is 19.1 Å². The van der Waals surface area contributed by atoms with Gasteiger partial charge in [-0.15, -0.1) is 0 Å². The van der Waals surface area contributed by atoms with Gasteiger partial charge in [0.15, 0.2) is 0 Å². The minimum absolute atomic E-state index is 0.0315. The van der Waals surface area contributed by atoms with Gasteiger partial charge in [-0.2, -0.15) is 0 Å². The number of hydrogen-bond acceptors (Lipinski definition) is 4. The summed E-state index contributed by atoms with van der Waals surface area (Å²) in [6.45, 7) is 7.07. The van der Waals surface area contributed by atoms with E-state index in [4.69, 9.17) is 4.74 Å². The minimum Gasteiger partial charge on any atom is -0.444 e. The molecule has 1 aliphatic rings. The van der Waals surface area contributed by atoms with Crippen LogP contribution in [0, 0.1) is 12.8 Å². The topological polar surface area (TPSA) is 96.5 Å². The Morgan fingerprint density at radius 1 is 1.12 bits per heavy atom. The summed E-state index contributed by atoms with van der Waals surface area (Å²) >= 11 is 0. The number of alkyl carbamates (subject to hydrolysis) is 1. The van der Waals surface area contributed by atoms with Crippen LogP contribution in [0.1, 0.15) is 50.8 Å². The van der Waals surface area contributed by atoms with Crippen LogP contribution in [0.15, 0.2) is 24.3 Å². The third-order valence-electron chi connectivity index (χ3n) is 3.68. The van der Waals surface area contributed by atoms with E-state index in [9.17, 15) is 14.4 Å². The highest BCUT2D eigenvalue weighted by Crippen LogP contribution is 2.28. The molecular formula is C18H25N3O4. The molecule has 3 amide bonds. The van der Waals surface area contributed by atoms with E-state index in [-0.39, 0.29) is 11.8 Å². The summed E-state index contributed by atoms with van der Waals surface area (Å²) in [5.74, 6) is -0.778. The molecule has 0 bridgehead atoms. The van der Waals surface area contributed by atoms with E-state index in [1.54, 1.807) is 32.9 Å². The van der Waals surface area contributed by atoms with E-state index >= 15 is 0 Å². The number of hydrazine groups is 1. The molecule has 25 heavy (non-hydrogen) atoms. The van der Waals surface area contributed by atoms with Crippen molar-refractivity contribution in [1.82, 2.24) is 16.2 Å². The number of aryl methyl sites for hydroxylation is 1. The first-order valence-corrected chi connectivity index (χ1v) is 8.32. The maximum absolute atomic E-state index is 12.5. The van der Waals surface area contributed by atoms with Crippen LogP contribution < -0.4 is 16.2 Å². The van der Waals surface area contributed by atoms with E-state index in [1.165, 1.54) is 0 Å². The van der Waals surface area contributed by atoms with Crippen molar-refractivity contribution in [3.8, 4) is 0 Å². The smallest absolute Gasteiger partial charge is 0.408 e. The molecule has 0 spiro atoms. The molecule has 1 fully saturated rings. The average Bonchev–Trinajstić information content (AvgIpc) is 3.34. The van der Waals surface area contributed by atoms with E-state index in [0.717, 1.165) is 18.4 Å². The molecular weight excluding hydrogens is 322 g/mol. The van der Waals surface area contributed by atoms with Crippen LogP contribution in [0.25, 0.3) is 0 Å². The lowest BCUT2D eigenvalue weighted by Gasteiger charge is -2.24. The Hall–Kier alpha value is -2.57. The monoisotopic (exact) mass is 347 g/mol. The van der Waals surface area contributed by atoms with Crippen LogP contribution in [-0.4, -0.2) is 23.5 Å². The Morgan fingerprint density at radius 2 is 1.76 bits per heavy atom. The van der Waals surface area contributed by atoms with Gasteiger partial charge in [-0.25, -0.2) is 4.79 Å². The molecule has 1 atom stereocenters. The van der Waals surface area contributed by atoms with Crippen molar-refractivity contribution in [2.75, 3.05) is 0 Å². The van der Waals surface area contributed by atoms with Gasteiger partial charge < -0.3 is 10.1 Å². The van der Waals surface area contributed by atoms with Gasteiger partial charge in [0.2, 0.25) is 5.91 Å². The second-order valence-electron chi connectivity index (χ2n) is 7.19. The van der Waals surface area contributed by atoms with Crippen molar-refractivity contribution >= 4 is 17.9 Å². The van der Waals surface area contributed by atoms with Crippen LogP contribution in [0.2, 0.25) is 0 Å². The van der Waals surface area contributed by atoms with Crippen molar-refractivity contribution in [3.05, 3.63) is 35.4 Å². The van der Waals surface area contributed by atoms with Gasteiger partial charge in [0.1, 0.15) is 11.6 Å². The van der Waals surface area contributed by atoms with Crippen LogP contribution in [0.3, 0.4) is 0 Å². The number of amides is 3. The molecule has 1 aromatic carbocycles. The third kappa shape index (κ3) is 5.77. The second kappa shape index (κ2) is 7.55. The fraction of sp³-hybridized carbons (Fsp3) is 0.500. The molecule has 1 aromatic rings. The summed E-state index contributed by atoms with van der Waals surface area (Å²) in [4.78, 5) is 36.4.